The molecule has 2 nitrogen and oxygen atoms in total. The van der Waals surface area contributed by atoms with E-state index < -0.39 is 0 Å². The zero-order chi connectivity index (χ0) is 9.10. The van der Waals surface area contributed by atoms with E-state index in [1.807, 2.05) is 0 Å². The predicted molar refractivity (Wildman–Crippen MR) is 53.7 cm³/mol. The molecule has 0 bridgehead atoms. The van der Waals surface area contributed by atoms with E-state index in [1.54, 1.807) is 0 Å². The Labute approximate surface area is 81.0 Å². The first kappa shape index (κ1) is 9.47. The summed E-state index contributed by atoms with van der Waals surface area (Å²) in [6, 6.07) is 0.840. The average Bonchev–Trinajstić information content (AvgIpc) is 2.95. The molecule has 1 saturated heterocycles. The molecule has 76 valence electrons. The molecular formula is C11H21NO. The third kappa shape index (κ3) is 2.68. The monoisotopic (exact) mass is 183 g/mol. The van der Waals surface area contributed by atoms with Crippen molar-refractivity contribution in [1.82, 2.24) is 5.32 Å². The minimum absolute atomic E-state index is 0.784. The Hall–Kier alpha value is -0.0800. The van der Waals surface area contributed by atoms with Crippen molar-refractivity contribution < 1.29 is 4.74 Å². The van der Waals surface area contributed by atoms with Crippen LogP contribution in [-0.4, -0.2) is 25.8 Å². The molecule has 0 aromatic carbocycles. The molecule has 0 aromatic heterocycles. The Balaban J connectivity index is 1.57. The first-order valence-corrected chi connectivity index (χ1v) is 5.71. The molecule has 3 unspecified atom stereocenters. The predicted octanol–water partition coefficient (Wildman–Crippen LogP) is 1.80. The lowest BCUT2D eigenvalue weighted by atomic mass is 10.0. The Kier molecular flexibility index (Phi) is 3.23. The van der Waals surface area contributed by atoms with Crippen molar-refractivity contribution in [3.8, 4) is 0 Å². The van der Waals surface area contributed by atoms with Gasteiger partial charge in [-0.15, -0.1) is 0 Å². The molecule has 2 heteroatoms. The van der Waals surface area contributed by atoms with Gasteiger partial charge < -0.3 is 10.1 Å². The van der Waals surface area contributed by atoms with Crippen LogP contribution in [0.5, 0.6) is 0 Å². The second-order valence-corrected chi connectivity index (χ2v) is 4.50. The van der Waals surface area contributed by atoms with Crippen molar-refractivity contribution in [2.45, 2.75) is 38.6 Å². The summed E-state index contributed by atoms with van der Waals surface area (Å²) in [4.78, 5) is 0. The van der Waals surface area contributed by atoms with Gasteiger partial charge in [0.15, 0.2) is 0 Å². The summed E-state index contributed by atoms with van der Waals surface area (Å²) in [5, 5.41) is 3.65. The van der Waals surface area contributed by atoms with Crippen LogP contribution in [0.3, 0.4) is 0 Å². The van der Waals surface area contributed by atoms with Crippen LogP contribution in [0.25, 0.3) is 0 Å². The molecule has 2 rings (SSSR count). The molecule has 1 N–H and O–H groups in total. The van der Waals surface area contributed by atoms with Crippen molar-refractivity contribution >= 4 is 0 Å². The zero-order valence-corrected chi connectivity index (χ0v) is 8.59. The van der Waals surface area contributed by atoms with Crippen LogP contribution in [0.1, 0.15) is 32.6 Å². The van der Waals surface area contributed by atoms with E-state index in [2.05, 4.69) is 12.2 Å². The van der Waals surface area contributed by atoms with Crippen LogP contribution in [0.15, 0.2) is 0 Å². The average molecular weight is 183 g/mol. The number of nitrogens with one attached hydrogen (secondary N) is 1. The number of rotatable bonds is 4. The number of hydrogen-bond acceptors (Lipinski definition) is 2. The Bertz CT molecular complexity index is 154. The molecule has 0 spiro atoms. The van der Waals surface area contributed by atoms with Crippen LogP contribution in [0, 0.1) is 11.8 Å². The van der Waals surface area contributed by atoms with Gasteiger partial charge in [0.2, 0.25) is 0 Å². The van der Waals surface area contributed by atoms with Gasteiger partial charge in [-0.1, -0.05) is 13.3 Å². The maximum absolute atomic E-state index is 5.45. The highest BCUT2D eigenvalue weighted by Gasteiger charge is 2.34. The van der Waals surface area contributed by atoms with Crippen molar-refractivity contribution in [3.05, 3.63) is 0 Å². The second-order valence-electron chi connectivity index (χ2n) is 4.50. The highest BCUT2D eigenvalue weighted by molar-refractivity contribution is 4.92. The normalized spacial score (nSPS) is 39.0. The molecule has 0 aromatic rings. The van der Waals surface area contributed by atoms with Gasteiger partial charge >= 0.3 is 0 Å². The smallest absolute Gasteiger partial charge is 0.0506 e. The molecule has 3 atom stereocenters. The fraction of sp³-hybridized carbons (Fsp3) is 1.00. The summed E-state index contributed by atoms with van der Waals surface area (Å²) < 4.78 is 5.45. The van der Waals surface area contributed by atoms with E-state index >= 15 is 0 Å². The van der Waals surface area contributed by atoms with Crippen LogP contribution in [-0.2, 0) is 4.74 Å². The van der Waals surface area contributed by atoms with E-state index in [9.17, 15) is 0 Å². The minimum Gasteiger partial charge on any atom is -0.381 e. The molecular weight excluding hydrogens is 162 g/mol. The molecule has 13 heavy (non-hydrogen) atoms. The summed E-state index contributed by atoms with van der Waals surface area (Å²) >= 11 is 0. The third-order valence-corrected chi connectivity index (χ3v) is 3.37. The summed E-state index contributed by atoms with van der Waals surface area (Å²) in [6.45, 7) is 5.44. The van der Waals surface area contributed by atoms with Gasteiger partial charge in [-0.3, -0.25) is 0 Å². The molecule has 0 radical (unpaired) electrons. The molecule has 1 aliphatic heterocycles. The van der Waals surface area contributed by atoms with Crippen molar-refractivity contribution in [1.29, 1.82) is 0 Å². The molecule has 0 amide bonds. The molecule has 2 aliphatic rings. The van der Waals surface area contributed by atoms with Crippen molar-refractivity contribution in [2.75, 3.05) is 19.8 Å². The fourth-order valence-corrected chi connectivity index (χ4v) is 2.24. The van der Waals surface area contributed by atoms with Gasteiger partial charge in [0, 0.05) is 19.2 Å². The lowest BCUT2D eigenvalue weighted by molar-refractivity contribution is 0.0546. The molecule has 1 heterocycles. The van der Waals surface area contributed by atoms with Gasteiger partial charge in [0.1, 0.15) is 0 Å². The van der Waals surface area contributed by atoms with E-state index in [-0.39, 0.29) is 0 Å². The number of hydrogen-bond donors (Lipinski definition) is 1. The Morgan fingerprint density at radius 2 is 2.38 bits per heavy atom. The summed E-state index contributed by atoms with van der Waals surface area (Å²) in [7, 11) is 0. The Morgan fingerprint density at radius 3 is 3.00 bits per heavy atom. The van der Waals surface area contributed by atoms with Gasteiger partial charge in [-0.25, -0.2) is 0 Å². The lowest BCUT2D eigenvalue weighted by Crippen LogP contribution is -2.31. The van der Waals surface area contributed by atoms with Gasteiger partial charge in [-0.2, -0.15) is 0 Å². The van der Waals surface area contributed by atoms with Crippen LogP contribution >= 0.6 is 0 Å². The number of ether oxygens (including phenoxy) is 1. The van der Waals surface area contributed by atoms with Gasteiger partial charge in [0.05, 0.1) is 6.61 Å². The lowest BCUT2D eigenvalue weighted by Gasteiger charge is -2.22. The van der Waals surface area contributed by atoms with E-state index in [1.165, 1.54) is 32.2 Å². The first-order chi connectivity index (χ1) is 6.40. The van der Waals surface area contributed by atoms with Crippen LogP contribution < -0.4 is 5.32 Å². The van der Waals surface area contributed by atoms with Gasteiger partial charge in [-0.05, 0) is 31.1 Å². The van der Waals surface area contributed by atoms with Crippen LogP contribution in [0.2, 0.25) is 0 Å². The highest BCUT2D eigenvalue weighted by atomic mass is 16.5. The first-order valence-electron chi connectivity index (χ1n) is 5.71. The summed E-state index contributed by atoms with van der Waals surface area (Å²) in [5.74, 6) is 1.76. The van der Waals surface area contributed by atoms with Crippen molar-refractivity contribution in [2.24, 2.45) is 11.8 Å². The largest absolute Gasteiger partial charge is 0.381 e. The zero-order valence-electron chi connectivity index (χ0n) is 8.59. The molecule has 2 fully saturated rings. The fourth-order valence-electron chi connectivity index (χ4n) is 2.24. The summed E-state index contributed by atoms with van der Waals surface area (Å²) in [5.41, 5.74) is 0. The summed E-state index contributed by atoms with van der Waals surface area (Å²) in [6.07, 6.45) is 5.37. The maximum Gasteiger partial charge on any atom is 0.0506 e. The molecule has 1 aliphatic carbocycles. The highest BCUT2D eigenvalue weighted by Crippen LogP contribution is 2.33. The van der Waals surface area contributed by atoms with Gasteiger partial charge in [0.25, 0.3) is 0 Å². The second kappa shape index (κ2) is 4.43. The van der Waals surface area contributed by atoms with Crippen LogP contribution in [0.4, 0.5) is 0 Å². The maximum atomic E-state index is 5.45. The Morgan fingerprint density at radius 1 is 1.46 bits per heavy atom. The third-order valence-electron chi connectivity index (χ3n) is 3.37. The van der Waals surface area contributed by atoms with E-state index in [4.69, 9.17) is 4.74 Å². The quantitative estimate of drug-likeness (QED) is 0.717. The van der Waals surface area contributed by atoms with Crippen molar-refractivity contribution in [3.63, 3.8) is 0 Å². The topological polar surface area (TPSA) is 21.3 Å². The van der Waals surface area contributed by atoms with E-state index in [0.717, 1.165) is 31.1 Å². The van der Waals surface area contributed by atoms with E-state index in [0.29, 0.717) is 0 Å². The standard InChI is InChI=1S/C11H21NO/c1-2-10-6-11(10)12-7-9-4-3-5-13-8-9/h9-12H,2-8H2,1H3. The SMILES string of the molecule is CCC1CC1NCC1CCCOC1. The minimum atomic E-state index is 0.784. The molecule has 1 saturated carbocycles.